The molecule has 0 aliphatic heterocycles. The van der Waals surface area contributed by atoms with Crippen LogP contribution in [0.5, 0.6) is 5.75 Å². The third kappa shape index (κ3) is 3.75. The molecule has 0 amide bonds. The summed E-state index contributed by atoms with van der Waals surface area (Å²) < 4.78 is 6.42. The van der Waals surface area contributed by atoms with Crippen LogP contribution in [-0.2, 0) is 0 Å². The molecule has 0 aromatic heterocycles. The van der Waals surface area contributed by atoms with Crippen LogP contribution in [0.3, 0.4) is 0 Å². The maximum Gasteiger partial charge on any atom is 0.120 e. The van der Waals surface area contributed by atoms with Gasteiger partial charge in [0.2, 0.25) is 0 Å². The number of benzene rings is 2. The van der Waals surface area contributed by atoms with Crippen LogP contribution in [0.25, 0.3) is 11.1 Å². The van der Waals surface area contributed by atoms with Gasteiger partial charge in [0.05, 0.1) is 16.7 Å². The molecular formula is C14H11Cl2IO2. The summed E-state index contributed by atoms with van der Waals surface area (Å²) in [6, 6.07) is 11.3. The molecule has 0 aliphatic carbocycles. The smallest absolute Gasteiger partial charge is 0.120 e. The van der Waals surface area contributed by atoms with Crippen LogP contribution in [0.4, 0.5) is 0 Å². The maximum atomic E-state index is 8.77. The Morgan fingerprint density at radius 3 is 2.58 bits per heavy atom. The topological polar surface area (TPSA) is 29.5 Å². The average Bonchev–Trinajstić information content (AvgIpc) is 2.41. The lowest BCUT2D eigenvalue weighted by molar-refractivity contribution is 0.201. The zero-order valence-electron chi connectivity index (χ0n) is 9.87. The Morgan fingerprint density at radius 2 is 1.84 bits per heavy atom. The summed E-state index contributed by atoms with van der Waals surface area (Å²) in [5, 5.41) is 9.84. The highest BCUT2D eigenvalue weighted by atomic mass is 127. The van der Waals surface area contributed by atoms with Crippen molar-refractivity contribution in [1.29, 1.82) is 0 Å². The highest BCUT2D eigenvalue weighted by molar-refractivity contribution is 14.1. The molecule has 0 radical (unpaired) electrons. The lowest BCUT2D eigenvalue weighted by Gasteiger charge is -2.09. The Morgan fingerprint density at radius 1 is 1.11 bits per heavy atom. The van der Waals surface area contributed by atoms with E-state index in [1.165, 1.54) is 0 Å². The van der Waals surface area contributed by atoms with Crippen molar-refractivity contribution in [3.05, 3.63) is 50.0 Å². The third-order valence-electron chi connectivity index (χ3n) is 2.52. The van der Waals surface area contributed by atoms with E-state index in [4.69, 9.17) is 33.0 Å². The summed E-state index contributed by atoms with van der Waals surface area (Å²) in [7, 11) is 0. The number of ether oxygens (including phenoxy) is 1. The SMILES string of the molecule is OCCOc1cccc(-c2cc(Cl)c(Cl)cc2I)c1. The molecule has 2 aromatic carbocycles. The number of halogens is 3. The van der Waals surface area contributed by atoms with Gasteiger partial charge in [-0.1, -0.05) is 35.3 Å². The van der Waals surface area contributed by atoms with E-state index < -0.39 is 0 Å². The minimum atomic E-state index is -0.00542. The summed E-state index contributed by atoms with van der Waals surface area (Å²) in [5.74, 6) is 0.716. The van der Waals surface area contributed by atoms with Crippen LogP contribution in [0.2, 0.25) is 10.0 Å². The Bertz CT molecular complexity index is 588. The Labute approximate surface area is 135 Å². The normalized spacial score (nSPS) is 10.5. The summed E-state index contributed by atoms with van der Waals surface area (Å²) in [6.45, 7) is 0.274. The quantitative estimate of drug-likeness (QED) is 0.590. The lowest BCUT2D eigenvalue weighted by Crippen LogP contribution is -2.01. The maximum absolute atomic E-state index is 8.77. The molecule has 19 heavy (non-hydrogen) atoms. The molecule has 100 valence electrons. The fourth-order valence-electron chi connectivity index (χ4n) is 1.66. The minimum Gasteiger partial charge on any atom is -0.491 e. The second kappa shape index (κ2) is 6.79. The molecule has 0 bridgehead atoms. The van der Waals surface area contributed by atoms with Crippen molar-refractivity contribution in [1.82, 2.24) is 0 Å². The molecule has 0 heterocycles. The molecule has 5 heteroatoms. The van der Waals surface area contributed by atoms with E-state index >= 15 is 0 Å². The molecule has 0 spiro atoms. The van der Waals surface area contributed by atoms with E-state index in [2.05, 4.69) is 22.6 Å². The Hall–Kier alpha value is -0.490. The van der Waals surface area contributed by atoms with Gasteiger partial charge >= 0.3 is 0 Å². The number of hydrogen-bond acceptors (Lipinski definition) is 2. The fraction of sp³-hybridized carbons (Fsp3) is 0.143. The molecule has 0 saturated carbocycles. The lowest BCUT2D eigenvalue weighted by atomic mass is 10.1. The molecule has 2 nitrogen and oxygen atoms in total. The molecule has 0 aliphatic rings. The second-order valence-electron chi connectivity index (χ2n) is 3.85. The summed E-state index contributed by atoms with van der Waals surface area (Å²) in [6.07, 6.45) is 0. The van der Waals surface area contributed by atoms with Gasteiger partial charge in [-0.05, 0) is 58.0 Å². The third-order valence-corrected chi connectivity index (χ3v) is 4.13. The highest BCUT2D eigenvalue weighted by Gasteiger charge is 2.08. The van der Waals surface area contributed by atoms with Crippen LogP contribution in [0, 0.1) is 3.57 Å². The first-order chi connectivity index (χ1) is 9.11. The average molecular weight is 409 g/mol. The molecule has 2 aromatic rings. The molecular weight excluding hydrogens is 398 g/mol. The van der Waals surface area contributed by atoms with Crippen molar-refractivity contribution >= 4 is 45.8 Å². The molecule has 0 saturated heterocycles. The highest BCUT2D eigenvalue weighted by Crippen LogP contribution is 2.34. The van der Waals surface area contributed by atoms with Gasteiger partial charge in [0.1, 0.15) is 12.4 Å². The number of aliphatic hydroxyl groups excluding tert-OH is 1. The van der Waals surface area contributed by atoms with Crippen molar-refractivity contribution in [3.8, 4) is 16.9 Å². The summed E-state index contributed by atoms with van der Waals surface area (Å²) >= 11 is 14.3. The van der Waals surface area contributed by atoms with Gasteiger partial charge in [0.25, 0.3) is 0 Å². The zero-order chi connectivity index (χ0) is 13.8. The van der Waals surface area contributed by atoms with E-state index in [0.717, 1.165) is 14.7 Å². The fourth-order valence-corrected chi connectivity index (χ4v) is 2.95. The van der Waals surface area contributed by atoms with Gasteiger partial charge in [0.15, 0.2) is 0 Å². The van der Waals surface area contributed by atoms with Gasteiger partial charge in [-0.2, -0.15) is 0 Å². The van der Waals surface area contributed by atoms with Crippen molar-refractivity contribution in [2.75, 3.05) is 13.2 Å². The number of hydrogen-bond donors (Lipinski definition) is 1. The van der Waals surface area contributed by atoms with Crippen molar-refractivity contribution < 1.29 is 9.84 Å². The molecule has 2 rings (SSSR count). The number of aliphatic hydroxyl groups is 1. The van der Waals surface area contributed by atoms with Crippen LogP contribution in [0.15, 0.2) is 36.4 Å². The first kappa shape index (κ1) is 14.9. The largest absolute Gasteiger partial charge is 0.491 e. The Kier molecular flexibility index (Phi) is 5.33. The van der Waals surface area contributed by atoms with Crippen molar-refractivity contribution in [2.45, 2.75) is 0 Å². The van der Waals surface area contributed by atoms with E-state index in [-0.39, 0.29) is 13.2 Å². The first-order valence-electron chi connectivity index (χ1n) is 5.60. The molecule has 0 unspecified atom stereocenters. The molecule has 0 atom stereocenters. The number of rotatable bonds is 4. The minimum absolute atomic E-state index is 0.00542. The molecule has 0 fully saturated rings. The van der Waals surface area contributed by atoms with Gasteiger partial charge in [0, 0.05) is 3.57 Å². The Balaban J connectivity index is 2.38. The van der Waals surface area contributed by atoms with Gasteiger partial charge < -0.3 is 9.84 Å². The first-order valence-corrected chi connectivity index (χ1v) is 7.44. The van der Waals surface area contributed by atoms with E-state index in [0.29, 0.717) is 15.8 Å². The summed E-state index contributed by atoms with van der Waals surface area (Å²) in [4.78, 5) is 0. The van der Waals surface area contributed by atoms with Crippen molar-refractivity contribution in [3.63, 3.8) is 0 Å². The van der Waals surface area contributed by atoms with Gasteiger partial charge in [-0.15, -0.1) is 0 Å². The van der Waals surface area contributed by atoms with Crippen molar-refractivity contribution in [2.24, 2.45) is 0 Å². The predicted octanol–water partition coefficient (Wildman–Crippen LogP) is 4.64. The molecule has 1 N–H and O–H groups in total. The van der Waals surface area contributed by atoms with E-state index in [1.807, 2.05) is 36.4 Å². The standard InChI is InChI=1S/C14H11Cl2IO2/c15-12-7-11(14(17)8-13(12)16)9-2-1-3-10(6-9)19-5-4-18/h1-3,6-8,18H,4-5H2. The zero-order valence-corrected chi connectivity index (χ0v) is 13.5. The predicted molar refractivity (Wildman–Crippen MR) is 87.2 cm³/mol. The van der Waals surface area contributed by atoms with Crippen LogP contribution in [0.1, 0.15) is 0 Å². The monoisotopic (exact) mass is 408 g/mol. The van der Waals surface area contributed by atoms with E-state index in [9.17, 15) is 0 Å². The van der Waals surface area contributed by atoms with Crippen LogP contribution in [-0.4, -0.2) is 18.3 Å². The van der Waals surface area contributed by atoms with Gasteiger partial charge in [-0.3, -0.25) is 0 Å². The second-order valence-corrected chi connectivity index (χ2v) is 5.82. The van der Waals surface area contributed by atoms with E-state index in [1.54, 1.807) is 0 Å². The summed E-state index contributed by atoms with van der Waals surface area (Å²) in [5.41, 5.74) is 2.00. The van der Waals surface area contributed by atoms with Crippen LogP contribution >= 0.6 is 45.8 Å². The van der Waals surface area contributed by atoms with Crippen LogP contribution < -0.4 is 4.74 Å². The van der Waals surface area contributed by atoms with Gasteiger partial charge in [-0.25, -0.2) is 0 Å².